The number of thiophene rings is 1. The fraction of sp³-hybridized carbons (Fsp3) is 0.520. The van der Waals surface area contributed by atoms with Crippen LogP contribution >= 0.6 is 22.9 Å². The maximum absolute atomic E-state index is 13.5. The Hall–Kier alpha value is -2.05. The first-order valence-electron chi connectivity index (χ1n) is 11.5. The molecule has 0 N–H and O–H groups in total. The zero-order valence-corrected chi connectivity index (χ0v) is 20.3. The van der Waals surface area contributed by atoms with E-state index in [0.717, 1.165) is 43.4 Å². The second-order valence-electron chi connectivity index (χ2n) is 8.96. The molecular weight excluding hydrogens is 444 g/mol. The van der Waals surface area contributed by atoms with Crippen molar-refractivity contribution in [1.29, 1.82) is 0 Å². The molecule has 0 saturated heterocycles. The quantitative estimate of drug-likeness (QED) is 0.544. The summed E-state index contributed by atoms with van der Waals surface area (Å²) >= 11 is 7.72. The number of rotatable bonds is 7. The van der Waals surface area contributed by atoms with Gasteiger partial charge in [0.05, 0.1) is 6.04 Å². The highest BCUT2D eigenvalue weighted by molar-refractivity contribution is 7.10. The number of carbonyl (C=O) groups is 2. The van der Waals surface area contributed by atoms with Crippen molar-refractivity contribution in [2.24, 2.45) is 5.92 Å². The lowest BCUT2D eigenvalue weighted by Crippen LogP contribution is -2.50. The zero-order valence-electron chi connectivity index (χ0n) is 18.8. The Morgan fingerprint density at radius 3 is 2.59 bits per heavy atom. The summed E-state index contributed by atoms with van der Waals surface area (Å²) in [6.45, 7) is 5.13. The van der Waals surface area contributed by atoms with Crippen molar-refractivity contribution in [3.8, 4) is 5.75 Å². The maximum Gasteiger partial charge on any atom is 0.242 e. The number of nitrogens with zero attached hydrogens (tertiary/aromatic N) is 2. The molecule has 1 saturated carbocycles. The Morgan fingerprint density at radius 1 is 1.19 bits per heavy atom. The topological polar surface area (TPSA) is 49.9 Å². The van der Waals surface area contributed by atoms with Crippen LogP contribution in [0.2, 0.25) is 5.02 Å². The standard InChI is InChI=1S/C25H31ClN2O3S/c1-17(2)28(25(30)18-5-3-4-6-18)15-24(29)27-13-11-23-21(12-14-32-23)22(27)16-31-20-9-7-19(26)8-10-20/h7-10,12,14,17-18,22H,3-6,11,13,15-16H2,1-2H3/t22-/m0/s1. The second-order valence-corrected chi connectivity index (χ2v) is 10.4. The van der Waals surface area contributed by atoms with E-state index in [9.17, 15) is 9.59 Å². The lowest BCUT2D eigenvalue weighted by Gasteiger charge is -2.38. The van der Waals surface area contributed by atoms with Crippen LogP contribution in [0.3, 0.4) is 0 Å². The molecule has 0 spiro atoms. The molecule has 0 radical (unpaired) electrons. The minimum atomic E-state index is -0.163. The SMILES string of the molecule is CC(C)N(CC(=O)N1CCc2sccc2[C@@H]1COc1ccc(Cl)cc1)C(=O)C1CCCC1. The molecule has 172 valence electrons. The van der Waals surface area contributed by atoms with Crippen molar-refractivity contribution in [2.45, 2.75) is 58.0 Å². The minimum Gasteiger partial charge on any atom is -0.491 e. The number of hydrogen-bond donors (Lipinski definition) is 0. The number of ether oxygens (including phenoxy) is 1. The molecule has 1 atom stereocenters. The summed E-state index contributed by atoms with van der Waals surface area (Å²) in [5.41, 5.74) is 1.15. The molecule has 2 amide bonds. The van der Waals surface area contributed by atoms with Gasteiger partial charge < -0.3 is 14.5 Å². The van der Waals surface area contributed by atoms with Crippen LogP contribution < -0.4 is 4.74 Å². The first kappa shape index (κ1) is 23.1. The minimum absolute atomic E-state index is 0.00248. The summed E-state index contributed by atoms with van der Waals surface area (Å²) in [5.74, 6) is 0.920. The molecule has 2 heterocycles. The highest BCUT2D eigenvalue weighted by atomic mass is 35.5. The summed E-state index contributed by atoms with van der Waals surface area (Å²) in [5, 5.41) is 2.74. The van der Waals surface area contributed by atoms with E-state index in [1.807, 2.05) is 30.9 Å². The van der Waals surface area contributed by atoms with Gasteiger partial charge in [0, 0.05) is 28.4 Å². The normalized spacial score (nSPS) is 18.6. The summed E-state index contributed by atoms with van der Waals surface area (Å²) in [6.07, 6.45) is 4.93. The predicted molar refractivity (Wildman–Crippen MR) is 128 cm³/mol. The molecule has 7 heteroatoms. The molecule has 1 aliphatic carbocycles. The van der Waals surface area contributed by atoms with Gasteiger partial charge in [-0.05, 0) is 74.4 Å². The third-order valence-electron chi connectivity index (χ3n) is 6.55. The van der Waals surface area contributed by atoms with Crippen LogP contribution in [0.4, 0.5) is 0 Å². The van der Waals surface area contributed by atoms with E-state index in [1.54, 1.807) is 28.4 Å². The average molecular weight is 475 g/mol. The van der Waals surface area contributed by atoms with Crippen LogP contribution in [-0.2, 0) is 16.0 Å². The van der Waals surface area contributed by atoms with E-state index in [1.165, 1.54) is 4.88 Å². The average Bonchev–Trinajstić information content (AvgIpc) is 3.48. The molecule has 1 aromatic heterocycles. The number of hydrogen-bond acceptors (Lipinski definition) is 4. The van der Waals surface area contributed by atoms with Crippen molar-refractivity contribution in [3.63, 3.8) is 0 Å². The first-order chi connectivity index (χ1) is 15.4. The lowest BCUT2D eigenvalue weighted by molar-refractivity contribution is -0.146. The molecule has 2 aromatic rings. The summed E-state index contributed by atoms with van der Waals surface area (Å²) in [7, 11) is 0. The molecule has 1 fully saturated rings. The Kier molecular flexibility index (Phi) is 7.41. The van der Waals surface area contributed by atoms with Crippen molar-refractivity contribution < 1.29 is 14.3 Å². The third-order valence-corrected chi connectivity index (χ3v) is 7.80. The van der Waals surface area contributed by atoms with Crippen LogP contribution in [0.15, 0.2) is 35.7 Å². The molecule has 0 bridgehead atoms. The van der Waals surface area contributed by atoms with Gasteiger partial charge in [0.15, 0.2) is 0 Å². The zero-order chi connectivity index (χ0) is 22.7. The summed E-state index contributed by atoms with van der Waals surface area (Å²) in [6, 6.07) is 9.21. The smallest absolute Gasteiger partial charge is 0.242 e. The highest BCUT2D eigenvalue weighted by Crippen LogP contribution is 2.34. The Bertz CT molecular complexity index is 937. The van der Waals surface area contributed by atoms with E-state index in [4.69, 9.17) is 16.3 Å². The van der Waals surface area contributed by atoms with E-state index >= 15 is 0 Å². The third kappa shape index (κ3) is 5.12. The molecule has 2 aliphatic rings. The van der Waals surface area contributed by atoms with Gasteiger partial charge in [0.2, 0.25) is 11.8 Å². The van der Waals surface area contributed by atoms with E-state index in [-0.39, 0.29) is 36.4 Å². The molecule has 5 nitrogen and oxygen atoms in total. The lowest BCUT2D eigenvalue weighted by atomic mass is 10.00. The Morgan fingerprint density at radius 2 is 1.91 bits per heavy atom. The van der Waals surface area contributed by atoms with Crippen LogP contribution in [-0.4, -0.2) is 47.4 Å². The van der Waals surface area contributed by atoms with Gasteiger partial charge in [-0.15, -0.1) is 11.3 Å². The summed E-state index contributed by atoms with van der Waals surface area (Å²) in [4.78, 5) is 31.6. The molecule has 32 heavy (non-hydrogen) atoms. The molecule has 4 rings (SSSR count). The number of fused-ring (bicyclic) bond motifs is 1. The van der Waals surface area contributed by atoms with Gasteiger partial charge in [0.1, 0.15) is 18.9 Å². The summed E-state index contributed by atoms with van der Waals surface area (Å²) < 4.78 is 6.06. The van der Waals surface area contributed by atoms with Crippen molar-refractivity contribution in [1.82, 2.24) is 9.80 Å². The van der Waals surface area contributed by atoms with Crippen LogP contribution in [0, 0.1) is 5.92 Å². The molecule has 1 aromatic carbocycles. The molecule has 1 aliphatic heterocycles. The van der Waals surface area contributed by atoms with Crippen molar-refractivity contribution >= 4 is 34.8 Å². The highest BCUT2D eigenvalue weighted by Gasteiger charge is 2.35. The van der Waals surface area contributed by atoms with E-state index in [0.29, 0.717) is 18.2 Å². The van der Waals surface area contributed by atoms with Gasteiger partial charge in [-0.3, -0.25) is 9.59 Å². The van der Waals surface area contributed by atoms with E-state index < -0.39 is 0 Å². The van der Waals surface area contributed by atoms with Gasteiger partial charge in [0.25, 0.3) is 0 Å². The van der Waals surface area contributed by atoms with Gasteiger partial charge in [-0.2, -0.15) is 0 Å². The van der Waals surface area contributed by atoms with Gasteiger partial charge >= 0.3 is 0 Å². The maximum atomic E-state index is 13.5. The van der Waals surface area contributed by atoms with Crippen LogP contribution in [0.25, 0.3) is 0 Å². The number of benzene rings is 1. The van der Waals surface area contributed by atoms with Crippen LogP contribution in [0.1, 0.15) is 56.0 Å². The first-order valence-corrected chi connectivity index (χ1v) is 12.7. The number of carbonyl (C=O) groups excluding carboxylic acids is 2. The van der Waals surface area contributed by atoms with Gasteiger partial charge in [-0.25, -0.2) is 0 Å². The Balaban J connectivity index is 1.49. The van der Waals surface area contributed by atoms with Crippen molar-refractivity contribution in [3.05, 3.63) is 51.2 Å². The predicted octanol–water partition coefficient (Wildman–Crippen LogP) is 5.33. The fourth-order valence-electron chi connectivity index (χ4n) is 4.74. The molecule has 0 unspecified atom stereocenters. The monoisotopic (exact) mass is 474 g/mol. The van der Waals surface area contributed by atoms with Crippen LogP contribution in [0.5, 0.6) is 5.75 Å². The number of halogens is 1. The Labute approximate surface area is 199 Å². The largest absolute Gasteiger partial charge is 0.491 e. The van der Waals surface area contributed by atoms with Crippen molar-refractivity contribution in [2.75, 3.05) is 19.7 Å². The fourth-order valence-corrected chi connectivity index (χ4v) is 5.79. The van der Waals surface area contributed by atoms with E-state index in [2.05, 4.69) is 11.4 Å². The second kappa shape index (κ2) is 10.3. The number of amides is 2. The molecular formula is C25H31ClN2O3S. The van der Waals surface area contributed by atoms with Gasteiger partial charge in [-0.1, -0.05) is 24.4 Å².